The number of nitro groups is 1. The first-order valence-electron chi connectivity index (χ1n) is 5.42. The summed E-state index contributed by atoms with van der Waals surface area (Å²) in [5, 5.41) is 13.2. The van der Waals surface area contributed by atoms with Crippen LogP contribution in [0.1, 0.15) is 23.7 Å². The molecule has 0 bridgehead atoms. The average molecular weight is 270 g/mol. The Labute approximate surface area is 108 Å². The molecular weight excluding hydrogens is 258 g/mol. The minimum atomic E-state index is -1.37. The molecule has 0 aliphatic carbocycles. The van der Waals surface area contributed by atoms with Crippen LogP contribution >= 0.6 is 0 Å². The van der Waals surface area contributed by atoms with Crippen molar-refractivity contribution in [3.63, 3.8) is 0 Å². The molecule has 0 aromatic heterocycles. The Bertz CT molecular complexity index is 532. The van der Waals surface area contributed by atoms with Gasteiger partial charge in [-0.05, 0) is 19.4 Å². The van der Waals surface area contributed by atoms with Gasteiger partial charge in [0.15, 0.2) is 11.6 Å². The van der Waals surface area contributed by atoms with Crippen LogP contribution in [0.3, 0.4) is 0 Å². The van der Waals surface area contributed by atoms with Crippen LogP contribution in [-0.2, 0) is 0 Å². The van der Waals surface area contributed by atoms with Crippen LogP contribution in [0.25, 0.3) is 0 Å². The van der Waals surface area contributed by atoms with Crippen molar-refractivity contribution in [3.8, 4) is 0 Å². The van der Waals surface area contributed by atoms with Crippen LogP contribution in [0.5, 0.6) is 0 Å². The summed E-state index contributed by atoms with van der Waals surface area (Å²) in [4.78, 5) is 21.6. The van der Waals surface area contributed by atoms with E-state index >= 15 is 0 Å². The minimum Gasteiger partial charge on any atom is -0.349 e. The molecule has 0 saturated carbocycles. The van der Waals surface area contributed by atoms with Gasteiger partial charge in [-0.1, -0.05) is 6.08 Å². The number of amides is 1. The Morgan fingerprint density at radius 3 is 2.63 bits per heavy atom. The van der Waals surface area contributed by atoms with Gasteiger partial charge in [-0.3, -0.25) is 14.9 Å². The van der Waals surface area contributed by atoms with Gasteiger partial charge in [-0.15, -0.1) is 6.58 Å². The molecule has 7 heteroatoms. The third kappa shape index (κ3) is 3.57. The lowest BCUT2D eigenvalue weighted by Crippen LogP contribution is -2.32. The summed E-state index contributed by atoms with van der Waals surface area (Å²) >= 11 is 0. The van der Waals surface area contributed by atoms with E-state index in [2.05, 4.69) is 11.9 Å². The zero-order valence-corrected chi connectivity index (χ0v) is 10.2. The molecule has 0 fully saturated rings. The van der Waals surface area contributed by atoms with Crippen LogP contribution in [0.15, 0.2) is 24.8 Å². The summed E-state index contributed by atoms with van der Waals surface area (Å²) in [7, 11) is 0. The number of hydrogen-bond acceptors (Lipinski definition) is 3. The molecule has 0 saturated heterocycles. The molecule has 19 heavy (non-hydrogen) atoms. The first kappa shape index (κ1) is 14.7. The van der Waals surface area contributed by atoms with Crippen LogP contribution in [0, 0.1) is 21.7 Å². The van der Waals surface area contributed by atoms with Crippen molar-refractivity contribution in [2.45, 2.75) is 19.4 Å². The molecule has 0 radical (unpaired) electrons. The van der Waals surface area contributed by atoms with Gasteiger partial charge in [0.05, 0.1) is 11.0 Å². The molecule has 0 heterocycles. The number of benzene rings is 1. The predicted molar refractivity (Wildman–Crippen MR) is 64.8 cm³/mol. The van der Waals surface area contributed by atoms with E-state index in [-0.39, 0.29) is 6.04 Å². The summed E-state index contributed by atoms with van der Waals surface area (Å²) < 4.78 is 26.0. The highest BCUT2D eigenvalue weighted by molar-refractivity contribution is 5.98. The highest BCUT2D eigenvalue weighted by atomic mass is 19.2. The van der Waals surface area contributed by atoms with Crippen molar-refractivity contribution in [3.05, 3.63) is 52.1 Å². The number of rotatable bonds is 5. The zero-order valence-electron chi connectivity index (χ0n) is 10.2. The molecule has 1 N–H and O–H groups in total. The maximum absolute atomic E-state index is 13.1. The lowest BCUT2D eigenvalue weighted by atomic mass is 10.1. The maximum Gasteiger partial charge on any atom is 0.285 e. The molecule has 1 amide bonds. The van der Waals surface area contributed by atoms with Crippen LogP contribution in [0.2, 0.25) is 0 Å². The minimum absolute atomic E-state index is 0.322. The van der Waals surface area contributed by atoms with Crippen molar-refractivity contribution in [2.24, 2.45) is 0 Å². The van der Waals surface area contributed by atoms with E-state index in [0.29, 0.717) is 18.6 Å². The summed E-state index contributed by atoms with van der Waals surface area (Å²) in [5.74, 6) is -3.52. The summed E-state index contributed by atoms with van der Waals surface area (Å²) in [6.07, 6.45) is 2.01. The van der Waals surface area contributed by atoms with E-state index in [9.17, 15) is 23.7 Å². The van der Waals surface area contributed by atoms with Gasteiger partial charge < -0.3 is 5.32 Å². The second kappa shape index (κ2) is 6.03. The van der Waals surface area contributed by atoms with Gasteiger partial charge in [-0.2, -0.15) is 0 Å². The van der Waals surface area contributed by atoms with Crippen LogP contribution in [-0.4, -0.2) is 16.9 Å². The fourth-order valence-corrected chi connectivity index (χ4v) is 1.48. The Kier molecular flexibility index (Phi) is 4.68. The number of hydrogen-bond donors (Lipinski definition) is 1. The van der Waals surface area contributed by atoms with Gasteiger partial charge in [0.25, 0.3) is 11.6 Å². The molecule has 1 atom stereocenters. The largest absolute Gasteiger partial charge is 0.349 e. The number of halogens is 2. The van der Waals surface area contributed by atoms with Gasteiger partial charge in [0, 0.05) is 6.04 Å². The number of nitrogens with one attached hydrogen (secondary N) is 1. The fraction of sp³-hybridized carbons (Fsp3) is 0.250. The van der Waals surface area contributed by atoms with Gasteiger partial charge in [0.1, 0.15) is 5.56 Å². The lowest BCUT2D eigenvalue weighted by molar-refractivity contribution is -0.385. The van der Waals surface area contributed by atoms with E-state index in [1.54, 1.807) is 13.0 Å². The smallest absolute Gasteiger partial charge is 0.285 e. The molecule has 1 aromatic rings. The second-order valence-corrected chi connectivity index (χ2v) is 3.94. The molecule has 102 valence electrons. The monoisotopic (exact) mass is 270 g/mol. The fourth-order valence-electron chi connectivity index (χ4n) is 1.48. The van der Waals surface area contributed by atoms with Crippen molar-refractivity contribution in [1.29, 1.82) is 0 Å². The third-order valence-corrected chi connectivity index (χ3v) is 2.38. The first-order chi connectivity index (χ1) is 8.86. The average Bonchev–Trinajstić information content (AvgIpc) is 2.31. The number of carbonyl (C=O) groups is 1. The molecule has 1 aromatic carbocycles. The molecular formula is C12H12F2N2O3. The second-order valence-electron chi connectivity index (χ2n) is 3.94. The van der Waals surface area contributed by atoms with E-state index in [1.165, 1.54) is 0 Å². The van der Waals surface area contributed by atoms with Crippen molar-refractivity contribution < 1.29 is 18.5 Å². The summed E-state index contributed by atoms with van der Waals surface area (Å²) in [5.41, 5.74) is -1.29. The molecule has 0 aliphatic heterocycles. The van der Waals surface area contributed by atoms with E-state index < -0.39 is 33.7 Å². The Morgan fingerprint density at radius 2 is 2.11 bits per heavy atom. The van der Waals surface area contributed by atoms with Crippen molar-refractivity contribution in [1.82, 2.24) is 5.32 Å². The highest BCUT2D eigenvalue weighted by Gasteiger charge is 2.24. The number of carbonyl (C=O) groups excluding carboxylic acids is 1. The standard InChI is InChI=1S/C12H12F2N2O3/c1-3-4-7(2)15-12(17)8-5-9(13)10(14)6-11(8)16(18)19/h3,5-7H,1,4H2,2H3,(H,15,17). The summed E-state index contributed by atoms with van der Waals surface area (Å²) in [6.45, 7) is 5.14. The van der Waals surface area contributed by atoms with Gasteiger partial charge >= 0.3 is 0 Å². The molecule has 5 nitrogen and oxygen atoms in total. The van der Waals surface area contributed by atoms with Crippen molar-refractivity contribution >= 4 is 11.6 Å². The van der Waals surface area contributed by atoms with E-state index in [4.69, 9.17) is 0 Å². The summed E-state index contributed by atoms with van der Waals surface area (Å²) in [6, 6.07) is 0.587. The van der Waals surface area contributed by atoms with Gasteiger partial charge in [-0.25, -0.2) is 8.78 Å². The van der Waals surface area contributed by atoms with Crippen molar-refractivity contribution in [2.75, 3.05) is 0 Å². The SMILES string of the molecule is C=CCC(C)NC(=O)c1cc(F)c(F)cc1[N+](=O)[O-]. The third-order valence-electron chi connectivity index (χ3n) is 2.38. The molecule has 0 aliphatic rings. The first-order valence-corrected chi connectivity index (χ1v) is 5.42. The number of nitrogens with zero attached hydrogens (tertiary/aromatic N) is 1. The zero-order chi connectivity index (χ0) is 14.6. The lowest BCUT2D eigenvalue weighted by Gasteiger charge is -2.11. The van der Waals surface area contributed by atoms with Gasteiger partial charge in [0.2, 0.25) is 0 Å². The Morgan fingerprint density at radius 1 is 1.53 bits per heavy atom. The topological polar surface area (TPSA) is 72.2 Å². The maximum atomic E-state index is 13.1. The van der Waals surface area contributed by atoms with Crippen LogP contribution in [0.4, 0.5) is 14.5 Å². The quantitative estimate of drug-likeness (QED) is 0.507. The van der Waals surface area contributed by atoms with E-state index in [1.807, 2.05) is 0 Å². The molecule has 1 rings (SSSR count). The van der Waals surface area contributed by atoms with E-state index in [0.717, 1.165) is 0 Å². The molecule has 0 spiro atoms. The highest BCUT2D eigenvalue weighted by Crippen LogP contribution is 2.22. The molecule has 1 unspecified atom stereocenters. The Hall–Kier alpha value is -2.31. The number of nitro benzene ring substituents is 1. The normalized spacial score (nSPS) is 11.7. The van der Waals surface area contributed by atoms with Crippen LogP contribution < -0.4 is 5.32 Å². The Balaban J connectivity index is 3.11. The predicted octanol–water partition coefficient (Wildman–Crippen LogP) is 2.57.